The van der Waals surface area contributed by atoms with E-state index in [0.29, 0.717) is 12.4 Å². The van der Waals surface area contributed by atoms with Gasteiger partial charge < -0.3 is 15.6 Å². The SMILES string of the molecule is C=Cc1ccc(C(/C(C(=C)OCC)=C(\C)C(=C)C)/C(=C(/C)CC)C(C)(C)O)c(CC)c1.CN.[HH]. The lowest BCUT2D eigenvalue weighted by atomic mass is 9.71. The second kappa shape index (κ2) is 14.0. The molecule has 1 aromatic rings. The van der Waals surface area contributed by atoms with Crippen LogP contribution in [-0.4, -0.2) is 24.4 Å². The molecule has 1 unspecified atom stereocenters. The molecular formula is C30H49NO2. The maximum absolute atomic E-state index is 11.4. The second-order valence-corrected chi connectivity index (χ2v) is 8.73. The van der Waals surface area contributed by atoms with Crippen LogP contribution in [0.2, 0.25) is 0 Å². The standard InChI is InChI=1S/C29H42O2.CH5N.H2/c1-12-20(7)28(29(10,11)30)27(25-17-16-23(13-2)18-24(25)14-3)26(21(8)19(5)6)22(9)31-15-4;1-2;/h13,16-18,27,30H,2,5,9,12,14-15H2,1,3-4,6-8,10-11H3;2H2,1H3;1H/b26-21+,28-20+;;. The van der Waals surface area contributed by atoms with Crippen molar-refractivity contribution < 1.29 is 11.3 Å². The minimum Gasteiger partial charge on any atom is -0.494 e. The van der Waals surface area contributed by atoms with E-state index in [1.807, 2.05) is 33.8 Å². The van der Waals surface area contributed by atoms with Crippen LogP contribution in [0, 0.1) is 0 Å². The van der Waals surface area contributed by atoms with Gasteiger partial charge in [0.05, 0.1) is 12.2 Å². The van der Waals surface area contributed by atoms with Crippen molar-refractivity contribution in [2.45, 2.75) is 79.8 Å². The van der Waals surface area contributed by atoms with E-state index in [1.54, 1.807) is 0 Å². The predicted molar refractivity (Wildman–Crippen MR) is 148 cm³/mol. The zero-order valence-electron chi connectivity index (χ0n) is 22.6. The first kappa shape index (κ1) is 30.6. The molecule has 3 N–H and O–H groups in total. The average molecular weight is 456 g/mol. The first-order valence-corrected chi connectivity index (χ1v) is 11.9. The van der Waals surface area contributed by atoms with Crippen LogP contribution in [-0.2, 0) is 11.2 Å². The molecule has 0 fully saturated rings. The number of rotatable bonds is 11. The molecule has 0 saturated heterocycles. The topological polar surface area (TPSA) is 55.5 Å². The molecule has 0 amide bonds. The Morgan fingerprint density at radius 2 is 1.73 bits per heavy atom. The molecule has 1 rings (SSSR count). The maximum Gasteiger partial charge on any atom is 0.116 e. The summed E-state index contributed by atoms with van der Waals surface area (Å²) < 4.78 is 5.96. The number of aryl methyl sites for hydroxylation is 1. The number of benzene rings is 1. The Morgan fingerprint density at radius 3 is 2.12 bits per heavy atom. The molecule has 3 heteroatoms. The summed E-state index contributed by atoms with van der Waals surface area (Å²) in [7, 11) is 1.50. The Bertz CT molecular complexity index is 901. The quantitative estimate of drug-likeness (QED) is 0.204. The van der Waals surface area contributed by atoms with Gasteiger partial charge in [-0.1, -0.05) is 69.0 Å². The number of hydrogen-bond acceptors (Lipinski definition) is 3. The number of aliphatic hydroxyl groups is 1. The maximum atomic E-state index is 11.4. The first-order chi connectivity index (χ1) is 15.4. The van der Waals surface area contributed by atoms with Gasteiger partial charge in [0.1, 0.15) is 5.76 Å². The highest BCUT2D eigenvalue weighted by Gasteiger charge is 2.35. The Kier molecular flexibility index (Phi) is 13.0. The van der Waals surface area contributed by atoms with Crippen LogP contribution in [0.1, 0.15) is 85.8 Å². The van der Waals surface area contributed by atoms with Gasteiger partial charge in [0.15, 0.2) is 0 Å². The molecular weight excluding hydrogens is 406 g/mol. The van der Waals surface area contributed by atoms with E-state index in [9.17, 15) is 5.11 Å². The van der Waals surface area contributed by atoms with Gasteiger partial charge in [-0.2, -0.15) is 0 Å². The van der Waals surface area contributed by atoms with Gasteiger partial charge in [-0.25, -0.2) is 0 Å². The number of nitrogens with two attached hydrogens (primary N) is 1. The summed E-state index contributed by atoms with van der Waals surface area (Å²) in [5.41, 5.74) is 12.1. The molecule has 0 aliphatic carbocycles. The van der Waals surface area contributed by atoms with Crippen LogP contribution in [0.3, 0.4) is 0 Å². The monoisotopic (exact) mass is 455 g/mol. The molecule has 0 aromatic heterocycles. The third-order valence-electron chi connectivity index (χ3n) is 5.98. The van der Waals surface area contributed by atoms with Crippen molar-refractivity contribution in [2.24, 2.45) is 5.73 Å². The van der Waals surface area contributed by atoms with Crippen molar-refractivity contribution >= 4 is 6.08 Å². The van der Waals surface area contributed by atoms with Gasteiger partial charge in [0, 0.05) is 12.9 Å². The van der Waals surface area contributed by atoms with E-state index in [2.05, 4.69) is 71.4 Å². The van der Waals surface area contributed by atoms with Gasteiger partial charge in [-0.3, -0.25) is 0 Å². The summed E-state index contributed by atoms with van der Waals surface area (Å²) >= 11 is 0. The Balaban J connectivity index is 0. The molecule has 0 spiro atoms. The molecule has 0 saturated carbocycles. The molecule has 1 atom stereocenters. The molecule has 1 aromatic carbocycles. The second-order valence-electron chi connectivity index (χ2n) is 8.73. The number of allylic oxidation sites excluding steroid dienone is 4. The lowest BCUT2D eigenvalue weighted by Crippen LogP contribution is -2.30. The van der Waals surface area contributed by atoms with Crippen LogP contribution < -0.4 is 5.73 Å². The van der Waals surface area contributed by atoms with Gasteiger partial charge in [0.25, 0.3) is 0 Å². The fourth-order valence-corrected chi connectivity index (χ4v) is 4.18. The van der Waals surface area contributed by atoms with E-state index in [1.165, 1.54) is 18.2 Å². The molecule has 0 aliphatic heterocycles. The van der Waals surface area contributed by atoms with Crippen molar-refractivity contribution in [1.82, 2.24) is 0 Å². The summed E-state index contributed by atoms with van der Waals surface area (Å²) in [6.45, 7) is 29.1. The molecule has 33 heavy (non-hydrogen) atoms. The van der Waals surface area contributed by atoms with Crippen LogP contribution in [0.5, 0.6) is 0 Å². The van der Waals surface area contributed by atoms with E-state index in [4.69, 9.17) is 4.74 Å². The van der Waals surface area contributed by atoms with Crippen molar-refractivity contribution in [3.8, 4) is 0 Å². The molecule has 0 radical (unpaired) electrons. The van der Waals surface area contributed by atoms with Gasteiger partial charge >= 0.3 is 0 Å². The average Bonchev–Trinajstić information content (AvgIpc) is 2.78. The normalized spacial score (nSPS) is 13.7. The summed E-state index contributed by atoms with van der Waals surface area (Å²) in [6, 6.07) is 6.45. The first-order valence-electron chi connectivity index (χ1n) is 11.9. The number of hydrogen-bond donors (Lipinski definition) is 2. The minimum atomic E-state index is -1.01. The zero-order valence-corrected chi connectivity index (χ0v) is 22.6. The van der Waals surface area contributed by atoms with Crippen LogP contribution in [0.4, 0.5) is 0 Å². The number of ether oxygens (including phenoxy) is 1. The van der Waals surface area contributed by atoms with Crippen molar-refractivity contribution in [3.05, 3.63) is 88.3 Å². The summed E-state index contributed by atoms with van der Waals surface area (Å²) in [4.78, 5) is 0. The fraction of sp³-hybridized carbons (Fsp3) is 0.467. The Labute approximate surface area is 204 Å². The third-order valence-corrected chi connectivity index (χ3v) is 5.98. The highest BCUT2D eigenvalue weighted by Crippen LogP contribution is 2.46. The van der Waals surface area contributed by atoms with Gasteiger partial charge in [0.2, 0.25) is 0 Å². The van der Waals surface area contributed by atoms with E-state index < -0.39 is 5.60 Å². The van der Waals surface area contributed by atoms with E-state index >= 15 is 0 Å². The van der Waals surface area contributed by atoms with Gasteiger partial charge in [-0.15, -0.1) is 0 Å². The van der Waals surface area contributed by atoms with Crippen LogP contribution in [0.25, 0.3) is 6.08 Å². The zero-order chi connectivity index (χ0) is 25.9. The lowest BCUT2D eigenvalue weighted by Gasteiger charge is -2.36. The van der Waals surface area contributed by atoms with Gasteiger partial charge in [-0.05, 0) is 89.3 Å². The third kappa shape index (κ3) is 7.87. The molecule has 0 heterocycles. The smallest absolute Gasteiger partial charge is 0.116 e. The molecule has 186 valence electrons. The largest absolute Gasteiger partial charge is 0.494 e. The van der Waals surface area contributed by atoms with E-state index in [-0.39, 0.29) is 7.34 Å². The van der Waals surface area contributed by atoms with Crippen molar-refractivity contribution in [3.63, 3.8) is 0 Å². The van der Waals surface area contributed by atoms with E-state index in [0.717, 1.165) is 46.3 Å². The van der Waals surface area contributed by atoms with Crippen molar-refractivity contribution in [2.75, 3.05) is 13.7 Å². The summed E-state index contributed by atoms with van der Waals surface area (Å²) in [6.07, 6.45) is 3.60. The predicted octanol–water partition coefficient (Wildman–Crippen LogP) is 7.74. The highest BCUT2D eigenvalue weighted by molar-refractivity contribution is 5.58. The van der Waals surface area contributed by atoms with Crippen molar-refractivity contribution in [1.29, 1.82) is 0 Å². The Hall–Kier alpha value is -2.36. The fourth-order valence-electron chi connectivity index (χ4n) is 4.18. The summed E-state index contributed by atoms with van der Waals surface area (Å²) in [5, 5.41) is 11.4. The summed E-state index contributed by atoms with van der Waals surface area (Å²) in [5.74, 6) is 0.443. The molecule has 0 aliphatic rings. The van der Waals surface area contributed by atoms with Crippen LogP contribution >= 0.6 is 0 Å². The molecule has 0 bridgehead atoms. The molecule has 3 nitrogen and oxygen atoms in total. The highest BCUT2D eigenvalue weighted by atomic mass is 16.5. The van der Waals surface area contributed by atoms with Crippen LogP contribution in [0.15, 0.2) is 71.6 Å². The minimum absolute atomic E-state index is 0. The lowest BCUT2D eigenvalue weighted by molar-refractivity contribution is 0.112. The Morgan fingerprint density at radius 1 is 1.15 bits per heavy atom.